The van der Waals surface area contributed by atoms with Gasteiger partial charge in [0.2, 0.25) is 0 Å². The predicted octanol–water partition coefficient (Wildman–Crippen LogP) is 3.44. The van der Waals surface area contributed by atoms with Crippen molar-refractivity contribution in [2.45, 2.75) is 26.5 Å². The van der Waals surface area contributed by atoms with Crippen molar-refractivity contribution in [1.82, 2.24) is 4.90 Å². The Kier molecular flexibility index (Phi) is 5.56. The van der Waals surface area contributed by atoms with Crippen molar-refractivity contribution in [2.75, 3.05) is 6.54 Å². The summed E-state index contributed by atoms with van der Waals surface area (Å²) >= 11 is 1.63. The van der Waals surface area contributed by atoms with Crippen LogP contribution >= 0.6 is 11.3 Å². The number of ether oxygens (including phenoxy) is 1. The van der Waals surface area contributed by atoms with Crippen LogP contribution in [0.1, 0.15) is 24.3 Å². The van der Waals surface area contributed by atoms with Crippen molar-refractivity contribution in [3.05, 3.63) is 52.2 Å². The topological polar surface area (TPSA) is 53.3 Å². The number of para-hydroxylation sites is 1. The fourth-order valence-corrected chi connectivity index (χ4v) is 2.82. The molecular weight excluding hydrogens is 296 g/mol. The van der Waals surface area contributed by atoms with E-state index >= 15 is 0 Å². The number of benzene rings is 1. The summed E-state index contributed by atoms with van der Waals surface area (Å²) in [5.41, 5.74) is 0.434. The molecule has 0 saturated heterocycles. The second-order valence-corrected chi connectivity index (χ2v) is 5.83. The van der Waals surface area contributed by atoms with E-state index in [0.29, 0.717) is 24.4 Å². The van der Waals surface area contributed by atoms with Crippen LogP contribution in [0, 0.1) is 11.3 Å². The quantitative estimate of drug-likeness (QED) is 0.821. The van der Waals surface area contributed by atoms with Crippen molar-refractivity contribution < 1.29 is 9.53 Å². The number of hydrogen-bond donors (Lipinski definition) is 0. The van der Waals surface area contributed by atoms with E-state index in [4.69, 9.17) is 10.00 Å². The lowest BCUT2D eigenvalue weighted by Crippen LogP contribution is -2.39. The van der Waals surface area contributed by atoms with E-state index in [9.17, 15) is 4.79 Å². The summed E-state index contributed by atoms with van der Waals surface area (Å²) in [5, 5.41) is 11.1. The van der Waals surface area contributed by atoms with Crippen LogP contribution in [0.5, 0.6) is 5.75 Å². The highest BCUT2D eigenvalue weighted by atomic mass is 32.1. The zero-order valence-corrected chi connectivity index (χ0v) is 13.5. The third-order valence-corrected chi connectivity index (χ3v) is 4.14. The lowest BCUT2D eigenvalue weighted by Gasteiger charge is -2.24. The van der Waals surface area contributed by atoms with E-state index in [-0.39, 0.29) is 5.91 Å². The molecule has 0 aliphatic heterocycles. The second-order valence-electron chi connectivity index (χ2n) is 4.80. The molecule has 0 saturated carbocycles. The summed E-state index contributed by atoms with van der Waals surface area (Å²) in [7, 11) is 0. The average Bonchev–Trinajstić information content (AvgIpc) is 3.05. The SMILES string of the molecule is CCN(Cc1cccs1)C(=O)C(C)Oc1ccccc1C#N. The van der Waals surface area contributed by atoms with Crippen LogP contribution in [-0.2, 0) is 11.3 Å². The van der Waals surface area contributed by atoms with Gasteiger partial charge in [0.15, 0.2) is 6.10 Å². The van der Waals surface area contributed by atoms with Crippen molar-refractivity contribution in [2.24, 2.45) is 0 Å². The normalized spacial score (nSPS) is 11.5. The van der Waals surface area contributed by atoms with Gasteiger partial charge >= 0.3 is 0 Å². The van der Waals surface area contributed by atoms with Crippen LogP contribution in [0.15, 0.2) is 41.8 Å². The fourth-order valence-electron chi connectivity index (χ4n) is 2.10. The van der Waals surface area contributed by atoms with E-state index in [1.165, 1.54) is 0 Å². The third kappa shape index (κ3) is 3.86. The third-order valence-electron chi connectivity index (χ3n) is 3.28. The van der Waals surface area contributed by atoms with E-state index in [2.05, 4.69) is 6.07 Å². The van der Waals surface area contributed by atoms with Gasteiger partial charge in [0.25, 0.3) is 5.91 Å². The molecule has 0 bridgehead atoms. The monoisotopic (exact) mass is 314 g/mol. The predicted molar refractivity (Wildman–Crippen MR) is 86.7 cm³/mol. The molecule has 0 fully saturated rings. The molecule has 2 rings (SSSR count). The van der Waals surface area contributed by atoms with Gasteiger partial charge in [0.05, 0.1) is 12.1 Å². The average molecular weight is 314 g/mol. The molecule has 22 heavy (non-hydrogen) atoms. The van der Waals surface area contributed by atoms with Crippen molar-refractivity contribution in [1.29, 1.82) is 5.26 Å². The van der Waals surface area contributed by atoms with Crippen LogP contribution in [0.4, 0.5) is 0 Å². The highest BCUT2D eigenvalue weighted by Crippen LogP contribution is 2.19. The van der Waals surface area contributed by atoms with Gasteiger partial charge in [-0.15, -0.1) is 11.3 Å². The van der Waals surface area contributed by atoms with Gasteiger partial charge in [-0.2, -0.15) is 5.26 Å². The molecule has 4 nitrogen and oxygen atoms in total. The summed E-state index contributed by atoms with van der Waals surface area (Å²) in [4.78, 5) is 15.4. The Morgan fingerprint density at radius 1 is 1.36 bits per heavy atom. The lowest BCUT2D eigenvalue weighted by molar-refractivity contribution is -0.138. The first kappa shape index (κ1) is 16.1. The number of rotatable bonds is 6. The van der Waals surface area contributed by atoms with Crippen LogP contribution in [-0.4, -0.2) is 23.5 Å². The molecule has 1 aromatic carbocycles. The van der Waals surface area contributed by atoms with Gasteiger partial charge < -0.3 is 9.64 Å². The first-order valence-corrected chi connectivity index (χ1v) is 8.00. The fraction of sp³-hybridized carbons (Fsp3) is 0.294. The number of likely N-dealkylation sites (N-methyl/N-ethyl adjacent to an activating group) is 1. The minimum absolute atomic E-state index is 0.0800. The number of carbonyl (C=O) groups is 1. The van der Waals surface area contributed by atoms with E-state index in [1.807, 2.05) is 24.4 Å². The number of carbonyl (C=O) groups excluding carboxylic acids is 1. The largest absolute Gasteiger partial charge is 0.480 e. The summed E-state index contributed by atoms with van der Waals surface area (Å²) in [6, 6.07) is 13.0. The molecule has 0 N–H and O–H groups in total. The van der Waals surface area contributed by atoms with Crippen molar-refractivity contribution in [3.8, 4) is 11.8 Å². The minimum Gasteiger partial charge on any atom is -0.480 e. The number of thiophene rings is 1. The molecule has 0 aliphatic carbocycles. The maximum atomic E-state index is 12.5. The Morgan fingerprint density at radius 2 is 2.14 bits per heavy atom. The lowest BCUT2D eigenvalue weighted by atomic mass is 10.2. The molecule has 0 spiro atoms. The summed E-state index contributed by atoms with van der Waals surface area (Å²) < 4.78 is 5.69. The van der Waals surface area contributed by atoms with Gasteiger partial charge in [-0.3, -0.25) is 4.79 Å². The van der Waals surface area contributed by atoms with Gasteiger partial charge in [0, 0.05) is 11.4 Å². The standard InChI is InChI=1S/C17H18N2O2S/c1-3-19(12-15-8-6-10-22-15)17(20)13(2)21-16-9-5-4-7-14(16)11-18/h4-10,13H,3,12H2,1-2H3. The van der Waals surface area contributed by atoms with Crippen molar-refractivity contribution >= 4 is 17.2 Å². The molecular formula is C17H18N2O2S. The van der Waals surface area contributed by atoms with E-state index in [1.54, 1.807) is 47.4 Å². The zero-order chi connectivity index (χ0) is 15.9. The van der Waals surface area contributed by atoms with Gasteiger partial charge in [-0.05, 0) is 37.4 Å². The summed E-state index contributed by atoms with van der Waals surface area (Å²) in [6.45, 7) is 4.86. The van der Waals surface area contributed by atoms with Crippen LogP contribution < -0.4 is 4.74 Å². The van der Waals surface area contributed by atoms with E-state index < -0.39 is 6.10 Å². The molecule has 5 heteroatoms. The molecule has 1 heterocycles. The number of hydrogen-bond acceptors (Lipinski definition) is 4. The Morgan fingerprint density at radius 3 is 2.77 bits per heavy atom. The number of nitrogens with zero attached hydrogens (tertiary/aromatic N) is 2. The Labute approximate surface area is 134 Å². The highest BCUT2D eigenvalue weighted by molar-refractivity contribution is 7.09. The Balaban J connectivity index is 2.05. The van der Waals surface area contributed by atoms with Crippen LogP contribution in [0.25, 0.3) is 0 Å². The highest BCUT2D eigenvalue weighted by Gasteiger charge is 2.22. The molecule has 1 atom stereocenters. The van der Waals surface area contributed by atoms with Crippen LogP contribution in [0.3, 0.4) is 0 Å². The second kappa shape index (κ2) is 7.62. The minimum atomic E-state index is -0.630. The molecule has 0 aliphatic rings. The van der Waals surface area contributed by atoms with Gasteiger partial charge in [0.1, 0.15) is 11.8 Å². The maximum absolute atomic E-state index is 12.5. The Bertz CT molecular complexity index is 662. The molecule has 1 amide bonds. The van der Waals surface area contributed by atoms with E-state index in [0.717, 1.165) is 4.88 Å². The summed E-state index contributed by atoms with van der Waals surface area (Å²) in [6.07, 6.45) is -0.630. The van der Waals surface area contributed by atoms with Gasteiger partial charge in [-0.25, -0.2) is 0 Å². The molecule has 1 unspecified atom stereocenters. The first-order chi connectivity index (χ1) is 10.7. The maximum Gasteiger partial charge on any atom is 0.263 e. The molecule has 1 aromatic heterocycles. The smallest absolute Gasteiger partial charge is 0.263 e. The van der Waals surface area contributed by atoms with Gasteiger partial charge in [-0.1, -0.05) is 18.2 Å². The number of amides is 1. The van der Waals surface area contributed by atoms with Crippen molar-refractivity contribution in [3.63, 3.8) is 0 Å². The summed E-state index contributed by atoms with van der Waals surface area (Å²) in [5.74, 6) is 0.363. The Hall–Kier alpha value is -2.32. The first-order valence-electron chi connectivity index (χ1n) is 7.12. The number of nitriles is 1. The zero-order valence-electron chi connectivity index (χ0n) is 12.7. The molecule has 114 valence electrons. The molecule has 0 radical (unpaired) electrons. The van der Waals surface area contributed by atoms with Crippen LogP contribution in [0.2, 0.25) is 0 Å². The molecule has 2 aromatic rings.